The molecule has 0 heterocycles. The molecule has 0 fully saturated rings. The second kappa shape index (κ2) is 7.64. The van der Waals surface area contributed by atoms with Crippen molar-refractivity contribution in [2.75, 3.05) is 19.8 Å². The van der Waals surface area contributed by atoms with Crippen LogP contribution in [0.3, 0.4) is 0 Å². The number of aryl methyl sites for hydroxylation is 1. The van der Waals surface area contributed by atoms with Crippen molar-refractivity contribution in [3.05, 3.63) is 65.2 Å². The van der Waals surface area contributed by atoms with Crippen molar-refractivity contribution < 1.29 is 0 Å². The van der Waals surface area contributed by atoms with Gasteiger partial charge in [-0.2, -0.15) is 0 Å². The van der Waals surface area contributed by atoms with Crippen molar-refractivity contribution in [2.45, 2.75) is 24.4 Å². The predicted molar refractivity (Wildman–Crippen MR) is 92.7 cm³/mol. The molecule has 0 saturated heterocycles. The van der Waals surface area contributed by atoms with Gasteiger partial charge in [-0.25, -0.2) is 0 Å². The summed E-state index contributed by atoms with van der Waals surface area (Å²) in [4.78, 5) is 3.62. The molecule has 0 aliphatic carbocycles. The fourth-order valence-electron chi connectivity index (χ4n) is 2.56. The summed E-state index contributed by atoms with van der Waals surface area (Å²) in [6.45, 7) is 3.70. The first kappa shape index (κ1) is 16.1. The van der Waals surface area contributed by atoms with E-state index in [1.54, 1.807) is 11.8 Å². The number of nitrogens with zero attached hydrogens (tertiary/aromatic N) is 1. The minimum Gasteiger partial charge on any atom is -0.329 e. The van der Waals surface area contributed by atoms with Gasteiger partial charge in [-0.3, -0.25) is 4.90 Å². The van der Waals surface area contributed by atoms with E-state index in [9.17, 15) is 0 Å². The highest BCUT2D eigenvalue weighted by atomic mass is 32.2. The molecule has 1 atom stereocenters. The third-order valence-electron chi connectivity index (χ3n) is 3.94. The summed E-state index contributed by atoms with van der Waals surface area (Å²) in [5.41, 5.74) is 10.00. The molecule has 2 aromatic carbocycles. The molecule has 0 amide bonds. The predicted octanol–water partition coefficient (Wildman–Crippen LogP) is 3.85. The summed E-state index contributed by atoms with van der Waals surface area (Å²) < 4.78 is 0. The van der Waals surface area contributed by atoms with Crippen LogP contribution >= 0.6 is 11.8 Å². The van der Waals surface area contributed by atoms with E-state index in [2.05, 4.69) is 73.7 Å². The lowest BCUT2D eigenvalue weighted by Crippen LogP contribution is -2.30. The highest BCUT2D eigenvalue weighted by Gasteiger charge is 2.16. The van der Waals surface area contributed by atoms with Gasteiger partial charge in [0.2, 0.25) is 0 Å². The van der Waals surface area contributed by atoms with Gasteiger partial charge in [0.05, 0.1) is 0 Å². The molecule has 0 radical (unpaired) electrons. The number of likely N-dealkylation sites (N-methyl/N-ethyl adjacent to an activating group) is 1. The number of hydrogen-bond acceptors (Lipinski definition) is 3. The zero-order chi connectivity index (χ0) is 15.2. The van der Waals surface area contributed by atoms with Crippen LogP contribution in [-0.2, 0) is 6.54 Å². The molecule has 0 spiro atoms. The summed E-state index contributed by atoms with van der Waals surface area (Å²) in [6, 6.07) is 17.5. The maximum Gasteiger partial charge on any atom is 0.0470 e. The summed E-state index contributed by atoms with van der Waals surface area (Å²) in [5.74, 6) is 0. The van der Waals surface area contributed by atoms with Gasteiger partial charge in [0, 0.05) is 24.0 Å². The van der Waals surface area contributed by atoms with Crippen LogP contribution in [0.5, 0.6) is 0 Å². The quantitative estimate of drug-likeness (QED) is 0.822. The third kappa shape index (κ3) is 4.10. The average Bonchev–Trinajstić information content (AvgIpc) is 2.51. The van der Waals surface area contributed by atoms with Crippen molar-refractivity contribution in [1.29, 1.82) is 0 Å². The Bertz CT molecular complexity index is 566. The van der Waals surface area contributed by atoms with Gasteiger partial charge in [-0.1, -0.05) is 36.4 Å². The molecule has 2 N–H and O–H groups in total. The first-order valence-corrected chi connectivity index (χ1v) is 8.47. The van der Waals surface area contributed by atoms with Gasteiger partial charge in [-0.05, 0) is 49.1 Å². The fraction of sp³-hybridized carbons (Fsp3) is 0.333. The SMILES string of the molecule is CSc1ccc(C(CN)N(C)Cc2ccccc2C)cc1. The zero-order valence-electron chi connectivity index (χ0n) is 13.0. The molecule has 0 saturated carbocycles. The third-order valence-corrected chi connectivity index (χ3v) is 4.68. The lowest BCUT2D eigenvalue weighted by molar-refractivity contribution is 0.241. The largest absolute Gasteiger partial charge is 0.329 e. The van der Waals surface area contributed by atoms with E-state index in [0.717, 1.165) is 6.54 Å². The van der Waals surface area contributed by atoms with Crippen molar-refractivity contribution in [2.24, 2.45) is 5.73 Å². The molecular weight excluding hydrogens is 276 g/mol. The van der Waals surface area contributed by atoms with Gasteiger partial charge in [0.25, 0.3) is 0 Å². The maximum absolute atomic E-state index is 6.02. The molecule has 0 aliphatic rings. The normalized spacial score (nSPS) is 12.6. The van der Waals surface area contributed by atoms with Gasteiger partial charge >= 0.3 is 0 Å². The van der Waals surface area contributed by atoms with Crippen LogP contribution in [0.1, 0.15) is 22.7 Å². The Balaban J connectivity index is 2.14. The summed E-state index contributed by atoms with van der Waals surface area (Å²) in [6.07, 6.45) is 2.10. The number of rotatable bonds is 6. The minimum atomic E-state index is 0.250. The molecule has 0 aromatic heterocycles. The summed E-state index contributed by atoms with van der Waals surface area (Å²) in [5, 5.41) is 0. The van der Waals surface area contributed by atoms with E-state index in [1.807, 2.05) is 0 Å². The molecule has 0 bridgehead atoms. The molecule has 2 aromatic rings. The molecule has 0 aliphatic heterocycles. The van der Waals surface area contributed by atoms with Gasteiger partial charge < -0.3 is 5.73 Å². The summed E-state index contributed by atoms with van der Waals surface area (Å²) >= 11 is 1.76. The van der Waals surface area contributed by atoms with Crippen LogP contribution in [0.25, 0.3) is 0 Å². The molecule has 21 heavy (non-hydrogen) atoms. The Kier molecular flexibility index (Phi) is 5.85. The molecule has 2 nitrogen and oxygen atoms in total. The van der Waals surface area contributed by atoms with Crippen LogP contribution in [0, 0.1) is 6.92 Å². The highest BCUT2D eigenvalue weighted by Crippen LogP contribution is 2.24. The number of thioether (sulfide) groups is 1. The Morgan fingerprint density at radius 3 is 2.33 bits per heavy atom. The average molecular weight is 300 g/mol. The summed E-state index contributed by atoms with van der Waals surface area (Å²) in [7, 11) is 2.15. The van der Waals surface area contributed by atoms with E-state index >= 15 is 0 Å². The fourth-order valence-corrected chi connectivity index (χ4v) is 2.97. The number of benzene rings is 2. The van der Waals surface area contributed by atoms with Crippen molar-refractivity contribution >= 4 is 11.8 Å². The smallest absolute Gasteiger partial charge is 0.0470 e. The minimum absolute atomic E-state index is 0.250. The Morgan fingerprint density at radius 1 is 1.10 bits per heavy atom. The Morgan fingerprint density at radius 2 is 1.76 bits per heavy atom. The number of hydrogen-bond donors (Lipinski definition) is 1. The monoisotopic (exact) mass is 300 g/mol. The molecular formula is C18H24N2S. The van der Waals surface area contributed by atoms with E-state index in [-0.39, 0.29) is 6.04 Å². The topological polar surface area (TPSA) is 29.3 Å². The first-order valence-electron chi connectivity index (χ1n) is 7.24. The molecule has 112 valence electrons. The highest BCUT2D eigenvalue weighted by molar-refractivity contribution is 7.98. The molecule has 3 heteroatoms. The van der Waals surface area contributed by atoms with Gasteiger partial charge in [0.15, 0.2) is 0 Å². The standard InChI is InChI=1S/C18H24N2S/c1-14-6-4-5-7-16(14)13-20(2)18(12-19)15-8-10-17(21-3)11-9-15/h4-11,18H,12-13,19H2,1-3H3. The zero-order valence-corrected chi connectivity index (χ0v) is 13.9. The van der Waals surface area contributed by atoms with E-state index < -0.39 is 0 Å². The second-order valence-corrected chi connectivity index (χ2v) is 6.25. The van der Waals surface area contributed by atoms with Crippen molar-refractivity contribution in [3.63, 3.8) is 0 Å². The van der Waals surface area contributed by atoms with Crippen LogP contribution in [-0.4, -0.2) is 24.7 Å². The van der Waals surface area contributed by atoms with Gasteiger partial charge in [-0.15, -0.1) is 11.8 Å². The van der Waals surface area contributed by atoms with Crippen LogP contribution in [0.2, 0.25) is 0 Å². The number of nitrogens with two attached hydrogens (primary N) is 1. The second-order valence-electron chi connectivity index (χ2n) is 5.37. The first-order chi connectivity index (χ1) is 10.2. The van der Waals surface area contributed by atoms with Crippen LogP contribution < -0.4 is 5.73 Å². The van der Waals surface area contributed by atoms with Gasteiger partial charge in [0.1, 0.15) is 0 Å². The molecule has 2 rings (SSSR count). The van der Waals surface area contributed by atoms with Crippen molar-refractivity contribution in [1.82, 2.24) is 4.90 Å². The van der Waals surface area contributed by atoms with E-state index in [4.69, 9.17) is 5.73 Å². The van der Waals surface area contributed by atoms with E-state index in [0.29, 0.717) is 6.54 Å². The Hall–Kier alpha value is -1.29. The van der Waals surface area contributed by atoms with Crippen molar-refractivity contribution in [3.8, 4) is 0 Å². The Labute approximate surface area is 132 Å². The van der Waals surface area contributed by atoms with E-state index in [1.165, 1.54) is 21.6 Å². The lowest BCUT2D eigenvalue weighted by atomic mass is 10.0. The van der Waals surface area contributed by atoms with Crippen LogP contribution in [0.4, 0.5) is 0 Å². The molecule has 1 unspecified atom stereocenters. The maximum atomic E-state index is 6.02. The lowest BCUT2D eigenvalue weighted by Gasteiger charge is -2.28. The van der Waals surface area contributed by atoms with Crippen LogP contribution in [0.15, 0.2) is 53.4 Å².